The molecule has 0 bridgehead atoms. The molecule has 25 heavy (non-hydrogen) atoms. The molecule has 1 aliphatic heterocycles. The first-order valence-electron chi connectivity index (χ1n) is 7.50. The van der Waals surface area contributed by atoms with Gasteiger partial charge in [-0.3, -0.25) is 19.5 Å². The summed E-state index contributed by atoms with van der Waals surface area (Å²) in [5.41, 5.74) is 1.01. The molecule has 2 rings (SSSR count). The molecule has 8 heteroatoms. The smallest absolute Gasteiger partial charge is 0.328 e. The Hall–Kier alpha value is -2.87. The first kappa shape index (κ1) is 22.1. The lowest BCUT2D eigenvalue weighted by Gasteiger charge is -2.04. The second kappa shape index (κ2) is 11.6. The summed E-state index contributed by atoms with van der Waals surface area (Å²) in [6.07, 6.45) is 1.76. The Kier molecular flexibility index (Phi) is 10.3. The molecule has 3 N–H and O–H groups in total. The number of aliphatic imine (C=N–C) groups is 1. The van der Waals surface area contributed by atoms with Crippen molar-refractivity contribution >= 4 is 31.2 Å². The van der Waals surface area contributed by atoms with Crippen LogP contribution in [0.15, 0.2) is 29.3 Å². The number of nitrogens with zero attached hydrogens (tertiary/aromatic N) is 2. The average Bonchev–Trinajstić information content (AvgIpc) is 2.86. The van der Waals surface area contributed by atoms with Crippen molar-refractivity contribution in [1.29, 1.82) is 5.41 Å². The zero-order chi connectivity index (χ0) is 19.4. The zero-order valence-corrected chi connectivity index (χ0v) is 14.1. The number of unbranched alkanes of at least 4 members (excludes halogenated alkanes) is 1. The molecule has 1 atom stereocenters. The second-order valence-corrected chi connectivity index (χ2v) is 4.97. The lowest BCUT2D eigenvalue weighted by Crippen LogP contribution is -2.24. The number of nitrogens with one attached hydrogen (secondary N) is 1. The fourth-order valence-electron chi connectivity index (χ4n) is 2.05. The number of carboxylic acid groups (broad SMARTS) is 1. The van der Waals surface area contributed by atoms with E-state index >= 15 is 0 Å². The highest BCUT2D eigenvalue weighted by Gasteiger charge is 2.31. The van der Waals surface area contributed by atoms with E-state index in [4.69, 9.17) is 15.6 Å². The van der Waals surface area contributed by atoms with Gasteiger partial charge in [0.2, 0.25) is 0 Å². The van der Waals surface area contributed by atoms with Crippen LogP contribution in [-0.2, 0) is 4.79 Å². The first-order valence-corrected chi connectivity index (χ1v) is 7.50. The van der Waals surface area contributed by atoms with Crippen LogP contribution >= 0.6 is 0 Å². The molecule has 1 aromatic carbocycles. The number of hydrogen-bond acceptors (Lipinski definition) is 6. The lowest BCUT2D eigenvalue weighted by atomic mass is 10.1. The molecule has 0 radical (unpaired) electrons. The molecule has 136 valence electrons. The van der Waals surface area contributed by atoms with E-state index < -0.39 is 12.0 Å². The Bertz CT molecular complexity index is 583. The summed E-state index contributed by atoms with van der Waals surface area (Å²) in [7, 11) is 1.49. The quantitative estimate of drug-likeness (QED) is 0.407. The number of amides is 2. The van der Waals surface area contributed by atoms with Gasteiger partial charge in [0.15, 0.2) is 0 Å². The van der Waals surface area contributed by atoms with Crippen molar-refractivity contribution in [2.45, 2.75) is 25.3 Å². The van der Waals surface area contributed by atoms with Gasteiger partial charge in [-0.15, -0.1) is 0 Å². The van der Waals surface area contributed by atoms with Crippen LogP contribution in [0.5, 0.6) is 0 Å². The Morgan fingerprint density at radius 3 is 2.04 bits per heavy atom. The zero-order valence-electron chi connectivity index (χ0n) is 14.1. The Morgan fingerprint density at radius 2 is 1.68 bits per heavy atom. The van der Waals surface area contributed by atoms with Gasteiger partial charge in [0.1, 0.15) is 6.04 Å². The molecule has 0 aromatic heterocycles. The molecule has 0 saturated carbocycles. The van der Waals surface area contributed by atoms with E-state index in [2.05, 4.69) is 18.4 Å². The van der Waals surface area contributed by atoms with E-state index in [-0.39, 0.29) is 18.4 Å². The van der Waals surface area contributed by atoms with Crippen molar-refractivity contribution in [2.75, 3.05) is 13.7 Å². The number of carbonyl (C=O) groups is 3. The highest BCUT2D eigenvalue weighted by Crippen LogP contribution is 2.20. The van der Waals surface area contributed by atoms with E-state index in [1.807, 2.05) is 0 Å². The van der Waals surface area contributed by atoms with Crippen molar-refractivity contribution in [1.82, 2.24) is 4.90 Å². The van der Waals surface area contributed by atoms with Crippen LogP contribution in [0.25, 0.3) is 0 Å². The van der Waals surface area contributed by atoms with Crippen LogP contribution in [0.1, 0.15) is 40.0 Å². The molecule has 0 saturated heterocycles. The van der Waals surface area contributed by atoms with Crippen molar-refractivity contribution in [3.05, 3.63) is 35.4 Å². The van der Waals surface area contributed by atoms with E-state index in [1.54, 1.807) is 24.3 Å². The summed E-state index contributed by atoms with van der Waals surface area (Å²) in [5, 5.41) is 22.4. The van der Waals surface area contributed by atoms with E-state index in [0.29, 0.717) is 30.4 Å². The number of aliphatic hydroxyl groups is 1. The molecule has 0 spiro atoms. The first-order chi connectivity index (χ1) is 11.9. The molecule has 0 fully saturated rings. The molecule has 2 amide bonds. The summed E-state index contributed by atoms with van der Waals surface area (Å²) in [6.45, 7) is 5.77. The molecule has 1 heterocycles. The van der Waals surface area contributed by atoms with E-state index in [1.165, 1.54) is 7.05 Å². The third-order valence-corrected chi connectivity index (χ3v) is 3.39. The van der Waals surface area contributed by atoms with Gasteiger partial charge in [0.25, 0.3) is 11.8 Å². The minimum absolute atomic E-state index is 0.101. The summed E-state index contributed by atoms with van der Waals surface area (Å²) in [6, 6.07) is 6.13. The number of rotatable bonds is 6. The maximum absolute atomic E-state index is 11.3. The van der Waals surface area contributed by atoms with Gasteiger partial charge in [-0.1, -0.05) is 12.1 Å². The van der Waals surface area contributed by atoms with Crippen molar-refractivity contribution in [3.8, 4) is 0 Å². The molecule has 0 aliphatic carbocycles. The standard InChI is InChI=1S/C9H7NO2.C7H13NO3.CH3N/c1-10-8(11)6-4-2-3-5-7(6)9(10)12;1-8-6(7(10)11)4-2-3-5-9;1-2/h2-5H,1H3;6,9H,1-5H2,(H,10,11);2H,1H2/t;6-;/m.0./s1. The molecule has 8 nitrogen and oxygen atoms in total. The van der Waals surface area contributed by atoms with Crippen molar-refractivity contribution in [3.63, 3.8) is 0 Å². The third kappa shape index (κ3) is 6.27. The molecular formula is C17H23N3O5. The van der Waals surface area contributed by atoms with E-state index in [9.17, 15) is 14.4 Å². The maximum Gasteiger partial charge on any atom is 0.328 e. The topological polar surface area (TPSA) is 131 Å². The largest absolute Gasteiger partial charge is 0.480 e. The number of aliphatic carboxylic acids is 1. The predicted octanol–water partition coefficient (Wildman–Crippen LogP) is 1.48. The Balaban J connectivity index is 0.000000422. The van der Waals surface area contributed by atoms with Crippen molar-refractivity contribution < 1.29 is 24.6 Å². The van der Waals surface area contributed by atoms with Crippen LogP contribution in [0.2, 0.25) is 0 Å². The van der Waals surface area contributed by atoms with Gasteiger partial charge in [0, 0.05) is 13.7 Å². The lowest BCUT2D eigenvalue weighted by molar-refractivity contribution is -0.138. The summed E-state index contributed by atoms with van der Waals surface area (Å²) >= 11 is 0. The number of carboxylic acids is 1. The van der Waals surface area contributed by atoms with Crippen molar-refractivity contribution in [2.24, 2.45) is 4.99 Å². The fraction of sp³-hybridized carbons (Fsp3) is 0.353. The number of fused-ring (bicyclic) bond motifs is 1. The van der Waals surface area contributed by atoms with Crippen LogP contribution in [0.3, 0.4) is 0 Å². The van der Waals surface area contributed by atoms with Gasteiger partial charge >= 0.3 is 5.97 Å². The number of hydrogen-bond donors (Lipinski definition) is 3. The highest BCUT2D eigenvalue weighted by molar-refractivity contribution is 6.21. The van der Waals surface area contributed by atoms with Crippen LogP contribution in [0, 0.1) is 5.41 Å². The van der Waals surface area contributed by atoms with Gasteiger partial charge in [-0.05, 0) is 44.8 Å². The molecular weight excluding hydrogens is 326 g/mol. The number of imide groups is 1. The van der Waals surface area contributed by atoms with Crippen LogP contribution in [-0.4, -0.2) is 66.0 Å². The number of aliphatic hydroxyl groups excluding tert-OH is 1. The SMILES string of the molecule is C=N.C=N[C@@H](CCCCO)C(=O)O.CN1C(=O)c2ccccc2C1=O. The fourth-order valence-corrected chi connectivity index (χ4v) is 2.05. The summed E-state index contributed by atoms with van der Waals surface area (Å²) < 4.78 is 0. The Labute approximate surface area is 146 Å². The highest BCUT2D eigenvalue weighted by atomic mass is 16.4. The summed E-state index contributed by atoms with van der Waals surface area (Å²) in [4.78, 5) is 37.5. The minimum atomic E-state index is -0.946. The third-order valence-electron chi connectivity index (χ3n) is 3.39. The maximum atomic E-state index is 11.3. The van der Waals surface area contributed by atoms with Gasteiger partial charge in [0.05, 0.1) is 11.1 Å². The number of benzene rings is 1. The average molecular weight is 349 g/mol. The van der Waals surface area contributed by atoms with Crippen LogP contribution in [0.4, 0.5) is 0 Å². The normalized spacial score (nSPS) is 13.0. The number of carbonyl (C=O) groups excluding carboxylic acids is 2. The van der Waals surface area contributed by atoms with E-state index in [0.717, 1.165) is 4.90 Å². The monoisotopic (exact) mass is 349 g/mol. The van der Waals surface area contributed by atoms with Gasteiger partial charge < -0.3 is 15.6 Å². The predicted molar refractivity (Wildman–Crippen MR) is 94.6 cm³/mol. The second-order valence-electron chi connectivity index (χ2n) is 4.97. The van der Waals surface area contributed by atoms with Gasteiger partial charge in [-0.25, -0.2) is 4.79 Å². The van der Waals surface area contributed by atoms with Crippen LogP contribution < -0.4 is 0 Å². The summed E-state index contributed by atoms with van der Waals surface area (Å²) in [5.74, 6) is -1.37. The minimum Gasteiger partial charge on any atom is -0.480 e. The molecule has 0 unspecified atom stereocenters. The Morgan fingerprint density at radius 1 is 1.20 bits per heavy atom. The molecule has 1 aliphatic rings. The molecule has 1 aromatic rings. The van der Waals surface area contributed by atoms with Gasteiger partial charge in [-0.2, -0.15) is 0 Å².